The van der Waals surface area contributed by atoms with Crippen molar-refractivity contribution >= 4 is 17.5 Å². The Hall–Kier alpha value is -1.43. The van der Waals surface area contributed by atoms with Crippen molar-refractivity contribution in [3.63, 3.8) is 0 Å². The molecule has 2 amide bonds. The van der Waals surface area contributed by atoms with Gasteiger partial charge in [-0.15, -0.1) is 0 Å². The van der Waals surface area contributed by atoms with Crippen LogP contribution in [0, 0.1) is 0 Å². The summed E-state index contributed by atoms with van der Waals surface area (Å²) in [4.78, 5) is 22.7. The van der Waals surface area contributed by atoms with Crippen molar-refractivity contribution in [3.8, 4) is 0 Å². The van der Waals surface area contributed by atoms with E-state index in [1.807, 2.05) is 6.92 Å². The summed E-state index contributed by atoms with van der Waals surface area (Å²) in [5, 5.41) is 6.61. The number of methoxy groups -OCH3 is 1. The number of hydrogen-bond donors (Lipinski definition) is 2. The second-order valence-electron chi connectivity index (χ2n) is 4.01. The summed E-state index contributed by atoms with van der Waals surface area (Å²) in [5.41, 5.74) is 2.68. The van der Waals surface area contributed by atoms with Crippen LogP contribution in [-0.2, 0) is 14.3 Å². The molecular formula is C11H19N3O3. The molecule has 0 radical (unpaired) electrons. The molecule has 0 aromatic rings. The Bertz CT molecular complexity index is 309. The predicted octanol–water partition coefficient (Wildman–Crippen LogP) is 0.184. The Kier molecular flexibility index (Phi) is 5.62. The first-order valence-corrected chi connectivity index (χ1v) is 5.82. The van der Waals surface area contributed by atoms with E-state index in [0.29, 0.717) is 25.2 Å². The first-order valence-electron chi connectivity index (χ1n) is 5.82. The second kappa shape index (κ2) is 7.01. The quantitative estimate of drug-likeness (QED) is 0.696. The molecule has 17 heavy (non-hydrogen) atoms. The highest BCUT2D eigenvalue weighted by atomic mass is 16.5. The summed E-state index contributed by atoms with van der Waals surface area (Å²) in [6.45, 7) is 2.53. The van der Waals surface area contributed by atoms with Gasteiger partial charge in [-0.1, -0.05) is 13.3 Å². The van der Waals surface area contributed by atoms with Crippen LogP contribution in [0.1, 0.15) is 32.6 Å². The lowest BCUT2D eigenvalue weighted by Crippen LogP contribution is -2.43. The van der Waals surface area contributed by atoms with Crippen LogP contribution in [0.25, 0.3) is 0 Å². The fourth-order valence-corrected chi connectivity index (χ4v) is 1.65. The Balaban J connectivity index is 2.48. The molecule has 0 aromatic carbocycles. The zero-order valence-electron chi connectivity index (χ0n) is 10.3. The largest absolute Gasteiger partial charge is 0.383 e. The number of nitrogens with zero attached hydrogens (tertiary/aromatic N) is 1. The Morgan fingerprint density at radius 1 is 1.59 bits per heavy atom. The molecule has 0 fully saturated rings. The third-order valence-electron chi connectivity index (χ3n) is 2.51. The Morgan fingerprint density at radius 2 is 2.35 bits per heavy atom. The Labute approximate surface area is 101 Å². The van der Waals surface area contributed by atoms with E-state index in [4.69, 9.17) is 4.74 Å². The number of hydrazone groups is 1. The molecule has 1 rings (SSSR count). The third kappa shape index (κ3) is 4.52. The molecule has 2 N–H and O–H groups in total. The first kappa shape index (κ1) is 13.6. The van der Waals surface area contributed by atoms with E-state index in [2.05, 4.69) is 15.8 Å². The van der Waals surface area contributed by atoms with Crippen LogP contribution >= 0.6 is 0 Å². The van der Waals surface area contributed by atoms with Crippen LogP contribution in [-0.4, -0.2) is 37.3 Å². The highest BCUT2D eigenvalue weighted by Gasteiger charge is 2.20. The van der Waals surface area contributed by atoms with Gasteiger partial charge in [0.05, 0.1) is 12.6 Å². The van der Waals surface area contributed by atoms with Gasteiger partial charge in [0.15, 0.2) is 0 Å². The normalized spacial score (nSPS) is 17.1. The lowest BCUT2D eigenvalue weighted by molar-refractivity contribution is -0.121. The average Bonchev–Trinajstić information content (AvgIpc) is 2.30. The van der Waals surface area contributed by atoms with Gasteiger partial charge in [0.1, 0.15) is 5.71 Å². The molecule has 1 aliphatic rings. The Morgan fingerprint density at radius 3 is 2.88 bits per heavy atom. The van der Waals surface area contributed by atoms with E-state index in [0.717, 1.165) is 12.8 Å². The third-order valence-corrected chi connectivity index (χ3v) is 2.51. The molecule has 0 aliphatic carbocycles. The van der Waals surface area contributed by atoms with Crippen molar-refractivity contribution < 1.29 is 14.3 Å². The van der Waals surface area contributed by atoms with Crippen molar-refractivity contribution in [1.82, 2.24) is 10.7 Å². The zero-order chi connectivity index (χ0) is 12.7. The molecule has 0 aromatic heterocycles. The molecular weight excluding hydrogens is 222 g/mol. The summed E-state index contributed by atoms with van der Waals surface area (Å²) >= 11 is 0. The minimum absolute atomic E-state index is 0.00201. The van der Waals surface area contributed by atoms with Gasteiger partial charge < -0.3 is 10.1 Å². The summed E-state index contributed by atoms with van der Waals surface area (Å²) < 4.78 is 5.04. The van der Waals surface area contributed by atoms with Crippen molar-refractivity contribution in [2.45, 2.75) is 38.6 Å². The smallest absolute Gasteiger partial charge is 0.267 e. The fourth-order valence-electron chi connectivity index (χ4n) is 1.65. The summed E-state index contributed by atoms with van der Waals surface area (Å²) in [6, 6.07) is -0.00201. The number of nitrogens with one attached hydrogen (secondary N) is 2. The maximum atomic E-state index is 11.8. The van der Waals surface area contributed by atoms with E-state index >= 15 is 0 Å². The summed E-state index contributed by atoms with van der Waals surface area (Å²) in [5.74, 6) is -0.371. The van der Waals surface area contributed by atoms with Gasteiger partial charge in [-0.3, -0.25) is 9.59 Å². The number of carbonyl (C=O) groups excluding carboxylic acids is 2. The molecule has 0 saturated carbocycles. The number of rotatable bonds is 6. The molecule has 6 heteroatoms. The van der Waals surface area contributed by atoms with E-state index in [1.165, 1.54) is 0 Å². The van der Waals surface area contributed by atoms with Crippen LogP contribution in [0.15, 0.2) is 5.10 Å². The SMILES string of the molecule is CCCC(COC)NC(=O)C1=NNC(=O)CC1. The predicted molar refractivity (Wildman–Crippen MR) is 63.5 cm³/mol. The number of ether oxygens (including phenoxy) is 1. The van der Waals surface area contributed by atoms with Crippen LogP contribution in [0.5, 0.6) is 0 Å². The molecule has 1 aliphatic heterocycles. The molecule has 0 spiro atoms. The van der Waals surface area contributed by atoms with Crippen molar-refractivity contribution in [1.29, 1.82) is 0 Å². The van der Waals surface area contributed by atoms with Crippen LogP contribution in [0.3, 0.4) is 0 Å². The average molecular weight is 241 g/mol. The first-order chi connectivity index (χ1) is 8.17. The standard InChI is InChI=1S/C11H19N3O3/c1-3-4-8(7-17-2)12-11(16)9-5-6-10(15)14-13-9/h8H,3-7H2,1-2H3,(H,12,16)(H,14,15). The highest BCUT2D eigenvalue weighted by molar-refractivity contribution is 6.39. The van der Waals surface area contributed by atoms with Gasteiger partial charge in [0, 0.05) is 20.0 Å². The minimum atomic E-state index is -0.222. The lowest BCUT2D eigenvalue weighted by Gasteiger charge is -2.18. The van der Waals surface area contributed by atoms with E-state index in [1.54, 1.807) is 7.11 Å². The second-order valence-corrected chi connectivity index (χ2v) is 4.01. The molecule has 0 bridgehead atoms. The van der Waals surface area contributed by atoms with Crippen molar-refractivity contribution in [3.05, 3.63) is 0 Å². The van der Waals surface area contributed by atoms with Crippen LogP contribution < -0.4 is 10.7 Å². The van der Waals surface area contributed by atoms with Crippen LogP contribution in [0.4, 0.5) is 0 Å². The molecule has 1 atom stereocenters. The van der Waals surface area contributed by atoms with Crippen molar-refractivity contribution in [2.75, 3.05) is 13.7 Å². The molecule has 0 saturated heterocycles. The number of amides is 2. The molecule has 6 nitrogen and oxygen atoms in total. The van der Waals surface area contributed by atoms with Crippen LogP contribution in [0.2, 0.25) is 0 Å². The van der Waals surface area contributed by atoms with Gasteiger partial charge in [0.25, 0.3) is 5.91 Å². The number of carbonyl (C=O) groups is 2. The maximum Gasteiger partial charge on any atom is 0.267 e. The number of hydrogen-bond acceptors (Lipinski definition) is 4. The van der Waals surface area contributed by atoms with Gasteiger partial charge in [-0.05, 0) is 6.42 Å². The zero-order valence-corrected chi connectivity index (χ0v) is 10.3. The van der Waals surface area contributed by atoms with E-state index in [-0.39, 0.29) is 17.9 Å². The van der Waals surface area contributed by atoms with Gasteiger partial charge in [-0.25, -0.2) is 5.43 Å². The molecule has 96 valence electrons. The maximum absolute atomic E-state index is 11.8. The summed E-state index contributed by atoms with van der Waals surface area (Å²) in [7, 11) is 1.60. The molecule has 1 unspecified atom stereocenters. The monoisotopic (exact) mass is 241 g/mol. The van der Waals surface area contributed by atoms with Crippen molar-refractivity contribution in [2.24, 2.45) is 5.10 Å². The minimum Gasteiger partial charge on any atom is -0.383 e. The topological polar surface area (TPSA) is 79.8 Å². The highest BCUT2D eigenvalue weighted by Crippen LogP contribution is 2.02. The molecule has 1 heterocycles. The fraction of sp³-hybridized carbons (Fsp3) is 0.727. The van der Waals surface area contributed by atoms with E-state index in [9.17, 15) is 9.59 Å². The summed E-state index contributed by atoms with van der Waals surface area (Å²) in [6.07, 6.45) is 2.54. The lowest BCUT2D eigenvalue weighted by atomic mass is 10.1. The van der Waals surface area contributed by atoms with Gasteiger partial charge in [0.2, 0.25) is 5.91 Å². The van der Waals surface area contributed by atoms with Gasteiger partial charge in [-0.2, -0.15) is 5.10 Å². The van der Waals surface area contributed by atoms with Gasteiger partial charge >= 0.3 is 0 Å². The van der Waals surface area contributed by atoms with E-state index < -0.39 is 0 Å².